The van der Waals surface area contributed by atoms with Gasteiger partial charge in [-0.3, -0.25) is 4.79 Å². The second kappa shape index (κ2) is 4.90. The van der Waals surface area contributed by atoms with Crippen molar-refractivity contribution in [3.05, 3.63) is 0 Å². The van der Waals surface area contributed by atoms with Crippen molar-refractivity contribution in [2.45, 2.75) is 70.8 Å². The van der Waals surface area contributed by atoms with Gasteiger partial charge < -0.3 is 9.90 Å². The van der Waals surface area contributed by atoms with Crippen LogP contribution in [0.2, 0.25) is 0 Å². The number of hydrogen-bond acceptors (Lipinski definition) is 3. The number of aldehydes is 1. The van der Waals surface area contributed by atoms with E-state index in [9.17, 15) is 14.7 Å². The van der Waals surface area contributed by atoms with Gasteiger partial charge in [0.1, 0.15) is 12.1 Å². The van der Waals surface area contributed by atoms with Crippen LogP contribution in [0.5, 0.6) is 0 Å². The van der Waals surface area contributed by atoms with E-state index in [-0.39, 0.29) is 16.9 Å². The zero-order chi connectivity index (χ0) is 15.5. The number of ketones is 1. The quantitative estimate of drug-likeness (QED) is 0.757. The number of aliphatic hydroxyl groups excluding tert-OH is 1. The number of Topliss-reactive ketones (excluding diaryl/α,β-unsaturated/α-hetero) is 1. The molecule has 0 bridgehead atoms. The highest BCUT2D eigenvalue weighted by Crippen LogP contribution is 2.65. The minimum absolute atomic E-state index is 0.0720. The molecule has 0 aromatic carbocycles. The molecule has 4 saturated carbocycles. The monoisotopic (exact) mass is 304 g/mol. The third kappa shape index (κ3) is 1.78. The molecule has 0 aliphatic heterocycles. The first-order valence-corrected chi connectivity index (χ1v) is 9.17. The summed E-state index contributed by atoms with van der Waals surface area (Å²) in [5.74, 6) is 2.28. The number of aliphatic hydroxyl groups is 1. The van der Waals surface area contributed by atoms with Gasteiger partial charge in [-0.05, 0) is 74.0 Å². The van der Waals surface area contributed by atoms with Crippen molar-refractivity contribution in [1.82, 2.24) is 0 Å². The van der Waals surface area contributed by atoms with Crippen LogP contribution < -0.4 is 0 Å². The zero-order valence-electron chi connectivity index (χ0n) is 13.6. The molecule has 4 rings (SSSR count). The molecule has 22 heavy (non-hydrogen) atoms. The summed E-state index contributed by atoms with van der Waals surface area (Å²) < 4.78 is 0. The second-order valence-corrected chi connectivity index (χ2v) is 8.76. The molecule has 7 atom stereocenters. The highest BCUT2D eigenvalue weighted by molar-refractivity contribution is 5.82. The van der Waals surface area contributed by atoms with Crippen LogP contribution in [0.25, 0.3) is 0 Å². The van der Waals surface area contributed by atoms with Gasteiger partial charge in [-0.15, -0.1) is 0 Å². The molecule has 0 aromatic heterocycles. The van der Waals surface area contributed by atoms with Crippen LogP contribution in [0.1, 0.15) is 64.7 Å². The first-order valence-electron chi connectivity index (χ1n) is 9.17. The molecule has 3 nitrogen and oxygen atoms in total. The number of fused-ring (bicyclic) bond motifs is 5. The first-order chi connectivity index (χ1) is 10.5. The minimum Gasteiger partial charge on any atom is -0.393 e. The predicted molar refractivity (Wildman–Crippen MR) is 83.1 cm³/mol. The van der Waals surface area contributed by atoms with E-state index >= 15 is 0 Å². The van der Waals surface area contributed by atoms with Gasteiger partial charge in [0.2, 0.25) is 0 Å². The normalized spacial score (nSPS) is 54.3. The molecule has 4 aliphatic rings. The van der Waals surface area contributed by atoms with Crippen molar-refractivity contribution in [3.8, 4) is 0 Å². The van der Waals surface area contributed by atoms with Crippen molar-refractivity contribution in [3.63, 3.8) is 0 Å². The molecule has 1 N–H and O–H groups in total. The molecule has 0 radical (unpaired) electrons. The van der Waals surface area contributed by atoms with Gasteiger partial charge >= 0.3 is 0 Å². The Bertz CT molecular complexity index is 501. The molecule has 0 amide bonds. The van der Waals surface area contributed by atoms with E-state index in [1.54, 1.807) is 0 Å². The van der Waals surface area contributed by atoms with Crippen molar-refractivity contribution >= 4 is 12.1 Å². The molecule has 0 heterocycles. The van der Waals surface area contributed by atoms with E-state index < -0.39 is 0 Å². The van der Waals surface area contributed by atoms with Crippen molar-refractivity contribution < 1.29 is 14.7 Å². The lowest BCUT2D eigenvalue weighted by atomic mass is 9.45. The van der Waals surface area contributed by atoms with Gasteiger partial charge in [0.05, 0.1) is 6.10 Å². The molecule has 0 unspecified atom stereocenters. The summed E-state index contributed by atoms with van der Waals surface area (Å²) in [4.78, 5) is 24.0. The third-order valence-electron chi connectivity index (χ3n) is 8.22. The van der Waals surface area contributed by atoms with Crippen LogP contribution in [0, 0.1) is 34.5 Å². The Labute approximate surface area is 132 Å². The van der Waals surface area contributed by atoms with E-state index in [1.165, 1.54) is 6.29 Å². The predicted octanol–water partition coefficient (Wildman–Crippen LogP) is 3.14. The van der Waals surface area contributed by atoms with Gasteiger partial charge in [0.25, 0.3) is 0 Å². The lowest BCUT2D eigenvalue weighted by Crippen LogP contribution is -2.55. The topological polar surface area (TPSA) is 54.4 Å². The van der Waals surface area contributed by atoms with Crippen LogP contribution >= 0.6 is 0 Å². The Kier molecular flexibility index (Phi) is 3.31. The Morgan fingerprint density at radius 3 is 2.68 bits per heavy atom. The summed E-state index contributed by atoms with van der Waals surface area (Å²) in [7, 11) is 0. The van der Waals surface area contributed by atoms with Gasteiger partial charge in [-0.2, -0.15) is 0 Å². The maximum atomic E-state index is 12.2. The number of hydrogen-bond donors (Lipinski definition) is 1. The molecule has 0 aromatic rings. The van der Waals surface area contributed by atoms with E-state index in [4.69, 9.17) is 0 Å². The molecule has 4 fully saturated rings. The summed E-state index contributed by atoms with van der Waals surface area (Å²) in [5, 5.41) is 10.4. The average Bonchev–Trinajstić information content (AvgIpc) is 2.82. The van der Waals surface area contributed by atoms with E-state index in [0.717, 1.165) is 44.9 Å². The van der Waals surface area contributed by atoms with Gasteiger partial charge in [0, 0.05) is 18.3 Å². The fourth-order valence-corrected chi connectivity index (χ4v) is 6.95. The summed E-state index contributed by atoms with van der Waals surface area (Å²) in [6.07, 6.45) is 9.47. The fraction of sp³-hybridized carbons (Fsp3) is 0.895. The summed E-state index contributed by atoms with van der Waals surface area (Å²) in [6.45, 7) is 2.27. The van der Waals surface area contributed by atoms with E-state index in [2.05, 4.69) is 6.92 Å². The summed E-state index contributed by atoms with van der Waals surface area (Å²) in [6, 6.07) is 0. The standard InChI is InChI=1S/C19H28O3/c1-18-8-7-16-14(15(18)4-5-17(18)22)3-2-12-10-13(21)6-9-19(12,16)11-20/h11-12,14-17,22H,2-10H2,1H3/t12-,14-,15-,16-,17-,18-,19+/m0/s1. The molecule has 122 valence electrons. The Morgan fingerprint density at radius 1 is 1.09 bits per heavy atom. The summed E-state index contributed by atoms with van der Waals surface area (Å²) >= 11 is 0. The number of carbonyl (C=O) groups is 2. The lowest BCUT2D eigenvalue weighted by Gasteiger charge is -2.58. The van der Waals surface area contributed by atoms with E-state index in [0.29, 0.717) is 42.3 Å². The third-order valence-corrected chi connectivity index (χ3v) is 8.22. The molecular formula is C19H28O3. The molecule has 4 aliphatic carbocycles. The highest BCUT2D eigenvalue weighted by atomic mass is 16.3. The number of carbonyl (C=O) groups excluding carboxylic acids is 2. The second-order valence-electron chi connectivity index (χ2n) is 8.76. The van der Waals surface area contributed by atoms with Crippen LogP contribution in [0.3, 0.4) is 0 Å². The molecule has 3 heteroatoms. The van der Waals surface area contributed by atoms with Crippen LogP contribution in [0.4, 0.5) is 0 Å². The Morgan fingerprint density at radius 2 is 1.91 bits per heavy atom. The van der Waals surface area contributed by atoms with Crippen LogP contribution in [0.15, 0.2) is 0 Å². The Balaban J connectivity index is 1.68. The lowest BCUT2D eigenvalue weighted by molar-refractivity contribution is -0.154. The van der Waals surface area contributed by atoms with Crippen molar-refractivity contribution in [2.24, 2.45) is 34.5 Å². The largest absolute Gasteiger partial charge is 0.393 e. The maximum absolute atomic E-state index is 12.2. The van der Waals surface area contributed by atoms with Gasteiger partial charge in [-0.1, -0.05) is 6.92 Å². The molecular weight excluding hydrogens is 276 g/mol. The average molecular weight is 304 g/mol. The first kappa shape index (κ1) is 14.9. The SMILES string of the molecule is C[C@]12CC[C@H]3[C@@H](CC[C@H]4CC(=O)CC[C@@]43C=O)[C@@H]1CC[C@@H]2O. The van der Waals surface area contributed by atoms with Crippen molar-refractivity contribution in [2.75, 3.05) is 0 Å². The Hall–Kier alpha value is -0.700. The fourth-order valence-electron chi connectivity index (χ4n) is 6.95. The molecule has 0 saturated heterocycles. The van der Waals surface area contributed by atoms with Crippen LogP contribution in [-0.4, -0.2) is 23.3 Å². The molecule has 0 spiro atoms. The maximum Gasteiger partial charge on any atom is 0.133 e. The van der Waals surface area contributed by atoms with Gasteiger partial charge in [-0.25, -0.2) is 0 Å². The zero-order valence-corrected chi connectivity index (χ0v) is 13.6. The van der Waals surface area contributed by atoms with Gasteiger partial charge in [0.15, 0.2) is 0 Å². The van der Waals surface area contributed by atoms with Crippen molar-refractivity contribution in [1.29, 1.82) is 0 Å². The van der Waals surface area contributed by atoms with Crippen LogP contribution in [-0.2, 0) is 9.59 Å². The smallest absolute Gasteiger partial charge is 0.133 e. The minimum atomic E-state index is -0.230. The number of rotatable bonds is 1. The summed E-state index contributed by atoms with van der Waals surface area (Å²) in [5.41, 5.74) is -0.158. The highest BCUT2D eigenvalue weighted by Gasteiger charge is 2.61. The van der Waals surface area contributed by atoms with E-state index in [1.807, 2.05) is 0 Å².